The van der Waals surface area contributed by atoms with Crippen molar-refractivity contribution >= 4 is 11.8 Å². The monoisotopic (exact) mass is 210 g/mol. The molecule has 0 fully saturated rings. The second-order valence-corrected chi connectivity index (χ2v) is 4.02. The fraction of sp³-hybridized carbons (Fsp3) is 0.667. The molecule has 0 spiro atoms. The molecule has 3 heteroatoms. The number of hydrogen-bond acceptors (Lipinski definition) is 3. The Bertz CT molecular complexity index is 281. The Kier molecular flexibility index (Phi) is 4.06. The minimum Gasteiger partial charge on any atom is -0.465 e. The molecule has 0 amide bonds. The summed E-state index contributed by atoms with van der Waals surface area (Å²) < 4.78 is 4.97. The van der Waals surface area contributed by atoms with Crippen LogP contribution in [0, 0.1) is 5.41 Å². The highest BCUT2D eigenvalue weighted by Crippen LogP contribution is 2.30. The van der Waals surface area contributed by atoms with Crippen LogP contribution in [0.25, 0.3) is 0 Å². The molecule has 0 aromatic rings. The van der Waals surface area contributed by atoms with Gasteiger partial charge in [-0.1, -0.05) is 12.2 Å². The summed E-state index contributed by atoms with van der Waals surface area (Å²) in [5.74, 6) is -0.365. The number of hydrogen-bond donors (Lipinski definition) is 0. The molecule has 3 nitrogen and oxygen atoms in total. The molecule has 0 aliphatic heterocycles. The SMILES string of the molecule is CCOC(=O)C1(C)CC/C=C\CCC1=O. The van der Waals surface area contributed by atoms with Gasteiger partial charge in [-0.05, 0) is 33.1 Å². The van der Waals surface area contributed by atoms with Crippen molar-refractivity contribution in [1.29, 1.82) is 0 Å². The van der Waals surface area contributed by atoms with Crippen LogP contribution < -0.4 is 0 Å². The highest BCUT2D eigenvalue weighted by molar-refractivity contribution is 6.03. The normalized spacial score (nSPS) is 29.1. The largest absolute Gasteiger partial charge is 0.465 e. The fourth-order valence-corrected chi connectivity index (χ4v) is 1.74. The van der Waals surface area contributed by atoms with E-state index in [4.69, 9.17) is 4.74 Å². The summed E-state index contributed by atoms with van der Waals surface area (Å²) in [5, 5.41) is 0. The van der Waals surface area contributed by atoms with Crippen LogP contribution in [0.15, 0.2) is 12.2 Å². The van der Waals surface area contributed by atoms with Gasteiger partial charge >= 0.3 is 5.97 Å². The summed E-state index contributed by atoms with van der Waals surface area (Å²) in [6, 6.07) is 0. The van der Waals surface area contributed by atoms with Gasteiger partial charge in [0.2, 0.25) is 0 Å². The van der Waals surface area contributed by atoms with E-state index in [0.29, 0.717) is 19.4 Å². The Labute approximate surface area is 90.5 Å². The molecule has 15 heavy (non-hydrogen) atoms. The topological polar surface area (TPSA) is 43.4 Å². The predicted octanol–water partition coefficient (Wildman–Crippen LogP) is 2.26. The average Bonchev–Trinajstić information content (AvgIpc) is 2.20. The van der Waals surface area contributed by atoms with E-state index in [-0.39, 0.29) is 11.8 Å². The quantitative estimate of drug-likeness (QED) is 0.399. The van der Waals surface area contributed by atoms with E-state index in [1.165, 1.54) is 0 Å². The highest BCUT2D eigenvalue weighted by Gasteiger charge is 2.41. The summed E-state index contributed by atoms with van der Waals surface area (Å²) in [7, 11) is 0. The third kappa shape index (κ3) is 2.67. The predicted molar refractivity (Wildman–Crippen MR) is 57.4 cm³/mol. The lowest BCUT2D eigenvalue weighted by atomic mass is 9.78. The summed E-state index contributed by atoms with van der Waals surface area (Å²) in [4.78, 5) is 23.6. The summed E-state index contributed by atoms with van der Waals surface area (Å²) in [6.07, 6.45) is 6.52. The number of carbonyl (C=O) groups excluding carboxylic acids is 2. The number of allylic oxidation sites excluding steroid dienone is 2. The number of carbonyl (C=O) groups is 2. The molecule has 1 atom stereocenters. The lowest BCUT2D eigenvalue weighted by molar-refractivity contribution is -0.159. The maximum atomic E-state index is 11.9. The summed E-state index contributed by atoms with van der Waals surface area (Å²) >= 11 is 0. The Morgan fingerprint density at radius 1 is 1.47 bits per heavy atom. The third-order valence-corrected chi connectivity index (χ3v) is 2.86. The van der Waals surface area contributed by atoms with Crippen LogP contribution in [0.3, 0.4) is 0 Å². The average molecular weight is 210 g/mol. The first kappa shape index (κ1) is 12.0. The van der Waals surface area contributed by atoms with Crippen molar-refractivity contribution in [2.45, 2.75) is 39.5 Å². The number of rotatable bonds is 2. The summed E-state index contributed by atoms with van der Waals surface area (Å²) in [6.45, 7) is 3.79. The number of ether oxygens (including phenoxy) is 1. The number of esters is 1. The van der Waals surface area contributed by atoms with Crippen molar-refractivity contribution in [3.63, 3.8) is 0 Å². The number of Topliss-reactive ketones (excluding diaryl/α,β-unsaturated/α-hetero) is 1. The van der Waals surface area contributed by atoms with E-state index in [2.05, 4.69) is 0 Å². The zero-order chi connectivity index (χ0) is 11.3. The van der Waals surface area contributed by atoms with Gasteiger partial charge in [-0.15, -0.1) is 0 Å². The first-order chi connectivity index (χ1) is 7.11. The molecule has 1 rings (SSSR count). The molecule has 0 saturated carbocycles. The lowest BCUT2D eigenvalue weighted by Gasteiger charge is -2.26. The molecular formula is C12H18O3. The van der Waals surface area contributed by atoms with Crippen LogP contribution in [0.4, 0.5) is 0 Å². The van der Waals surface area contributed by atoms with Crippen LogP contribution in [-0.2, 0) is 14.3 Å². The zero-order valence-electron chi connectivity index (χ0n) is 9.41. The van der Waals surface area contributed by atoms with Crippen molar-refractivity contribution in [1.82, 2.24) is 0 Å². The first-order valence-corrected chi connectivity index (χ1v) is 5.47. The van der Waals surface area contributed by atoms with Crippen LogP contribution in [0.1, 0.15) is 39.5 Å². The van der Waals surface area contributed by atoms with Crippen molar-refractivity contribution in [3.8, 4) is 0 Å². The Balaban J connectivity index is 2.81. The number of ketones is 1. The van der Waals surface area contributed by atoms with Gasteiger partial charge in [0, 0.05) is 6.42 Å². The third-order valence-electron chi connectivity index (χ3n) is 2.86. The maximum Gasteiger partial charge on any atom is 0.319 e. The molecule has 1 aliphatic rings. The van der Waals surface area contributed by atoms with Crippen LogP contribution in [-0.4, -0.2) is 18.4 Å². The zero-order valence-corrected chi connectivity index (χ0v) is 9.41. The summed E-state index contributed by atoms with van der Waals surface area (Å²) in [5.41, 5.74) is -0.930. The van der Waals surface area contributed by atoms with Gasteiger partial charge < -0.3 is 4.74 Å². The van der Waals surface area contributed by atoms with Crippen LogP contribution in [0.5, 0.6) is 0 Å². The smallest absolute Gasteiger partial charge is 0.319 e. The van der Waals surface area contributed by atoms with Gasteiger partial charge in [0.15, 0.2) is 0 Å². The van der Waals surface area contributed by atoms with Crippen molar-refractivity contribution < 1.29 is 14.3 Å². The Morgan fingerprint density at radius 3 is 2.80 bits per heavy atom. The molecular weight excluding hydrogens is 192 g/mol. The van der Waals surface area contributed by atoms with Gasteiger partial charge in [-0.2, -0.15) is 0 Å². The van der Waals surface area contributed by atoms with Crippen LogP contribution in [0.2, 0.25) is 0 Å². The minimum atomic E-state index is -0.930. The molecule has 0 radical (unpaired) electrons. The van der Waals surface area contributed by atoms with E-state index in [9.17, 15) is 9.59 Å². The highest BCUT2D eigenvalue weighted by atomic mass is 16.5. The fourth-order valence-electron chi connectivity index (χ4n) is 1.74. The second kappa shape index (κ2) is 5.10. The van der Waals surface area contributed by atoms with Crippen LogP contribution >= 0.6 is 0 Å². The molecule has 0 saturated heterocycles. The minimum absolute atomic E-state index is 0.00491. The molecule has 1 unspecified atom stereocenters. The molecule has 0 aromatic heterocycles. The van der Waals surface area contributed by atoms with Gasteiger partial charge in [0.05, 0.1) is 6.61 Å². The maximum absolute atomic E-state index is 11.9. The van der Waals surface area contributed by atoms with E-state index in [1.807, 2.05) is 12.2 Å². The van der Waals surface area contributed by atoms with Gasteiger partial charge in [-0.25, -0.2) is 0 Å². The molecule has 0 N–H and O–H groups in total. The van der Waals surface area contributed by atoms with Gasteiger partial charge in [-0.3, -0.25) is 9.59 Å². The van der Waals surface area contributed by atoms with Crippen molar-refractivity contribution in [2.75, 3.05) is 6.61 Å². The Morgan fingerprint density at radius 2 is 2.13 bits per heavy atom. The van der Waals surface area contributed by atoms with E-state index >= 15 is 0 Å². The standard InChI is InChI=1S/C12H18O3/c1-3-15-11(14)12(2)9-7-5-4-6-8-10(12)13/h4-5H,3,6-9H2,1-2H3/b5-4-. The van der Waals surface area contributed by atoms with Gasteiger partial charge in [0.25, 0.3) is 0 Å². The molecule has 0 heterocycles. The van der Waals surface area contributed by atoms with E-state index in [1.54, 1.807) is 13.8 Å². The first-order valence-electron chi connectivity index (χ1n) is 5.47. The van der Waals surface area contributed by atoms with Gasteiger partial charge in [0.1, 0.15) is 11.2 Å². The van der Waals surface area contributed by atoms with E-state index < -0.39 is 5.41 Å². The van der Waals surface area contributed by atoms with Crippen molar-refractivity contribution in [3.05, 3.63) is 12.2 Å². The molecule has 0 aromatic carbocycles. The Hall–Kier alpha value is -1.12. The van der Waals surface area contributed by atoms with E-state index in [0.717, 1.165) is 12.8 Å². The van der Waals surface area contributed by atoms with Crippen molar-refractivity contribution in [2.24, 2.45) is 5.41 Å². The second-order valence-electron chi connectivity index (χ2n) is 4.02. The lowest BCUT2D eigenvalue weighted by Crippen LogP contribution is -2.38. The molecule has 1 aliphatic carbocycles. The molecule has 84 valence electrons. The molecule has 0 bridgehead atoms.